The van der Waals surface area contributed by atoms with E-state index < -0.39 is 6.61 Å². The van der Waals surface area contributed by atoms with Crippen molar-refractivity contribution in [1.82, 2.24) is 10.2 Å². The number of rotatable bonds is 4. The lowest BCUT2D eigenvalue weighted by Gasteiger charge is -2.37. The fourth-order valence-corrected chi connectivity index (χ4v) is 2.33. The van der Waals surface area contributed by atoms with E-state index >= 15 is 0 Å². The van der Waals surface area contributed by atoms with Crippen LogP contribution in [0.4, 0.5) is 8.78 Å². The molecule has 5 heteroatoms. The molecule has 1 saturated heterocycles. The minimum absolute atomic E-state index is 0.209. The third kappa shape index (κ3) is 4.14. The second kappa shape index (κ2) is 6.30. The molecule has 106 valence electrons. The number of piperazine rings is 1. The summed E-state index contributed by atoms with van der Waals surface area (Å²) in [4.78, 5) is 2.39. The average molecular weight is 270 g/mol. The molecular weight excluding hydrogens is 250 g/mol. The predicted molar refractivity (Wildman–Crippen MR) is 70.4 cm³/mol. The van der Waals surface area contributed by atoms with Gasteiger partial charge in [-0.05, 0) is 31.5 Å². The number of nitrogens with zero attached hydrogens (tertiary/aromatic N) is 1. The highest BCUT2D eigenvalue weighted by atomic mass is 19.3. The largest absolute Gasteiger partial charge is 0.435 e. The minimum atomic E-state index is -2.76. The normalized spacial score (nSPS) is 24.7. The molecule has 3 nitrogen and oxygen atoms in total. The van der Waals surface area contributed by atoms with Gasteiger partial charge in [0.15, 0.2) is 0 Å². The van der Waals surface area contributed by atoms with Gasteiger partial charge in [-0.1, -0.05) is 12.1 Å². The van der Waals surface area contributed by atoms with Crippen LogP contribution < -0.4 is 10.1 Å². The smallest absolute Gasteiger partial charge is 0.387 e. The topological polar surface area (TPSA) is 24.5 Å². The van der Waals surface area contributed by atoms with Crippen LogP contribution in [0.25, 0.3) is 0 Å². The molecule has 0 amide bonds. The zero-order chi connectivity index (χ0) is 13.8. The average Bonchev–Trinajstić information content (AvgIpc) is 2.35. The van der Waals surface area contributed by atoms with E-state index in [1.165, 1.54) is 0 Å². The van der Waals surface area contributed by atoms with Gasteiger partial charge >= 0.3 is 6.61 Å². The number of hydrogen-bond acceptors (Lipinski definition) is 3. The molecule has 1 N–H and O–H groups in total. The Morgan fingerprint density at radius 1 is 1.32 bits per heavy atom. The summed E-state index contributed by atoms with van der Waals surface area (Å²) in [5.41, 5.74) is 1.11. The molecule has 1 aliphatic heterocycles. The number of benzene rings is 1. The van der Waals surface area contributed by atoms with Crippen molar-refractivity contribution in [2.75, 3.05) is 13.1 Å². The van der Waals surface area contributed by atoms with Gasteiger partial charge in [-0.15, -0.1) is 0 Å². The second-order valence-electron chi connectivity index (χ2n) is 5.11. The van der Waals surface area contributed by atoms with E-state index in [1.807, 2.05) is 12.1 Å². The van der Waals surface area contributed by atoms with E-state index in [1.54, 1.807) is 12.1 Å². The van der Waals surface area contributed by atoms with Crippen molar-refractivity contribution < 1.29 is 13.5 Å². The highest BCUT2D eigenvalue weighted by Crippen LogP contribution is 2.17. The van der Waals surface area contributed by atoms with Gasteiger partial charge in [-0.25, -0.2) is 0 Å². The lowest BCUT2D eigenvalue weighted by atomic mass is 10.1. The predicted octanol–water partition coefficient (Wildman–Crippen LogP) is 2.47. The fraction of sp³-hybridized carbons (Fsp3) is 0.571. The van der Waals surface area contributed by atoms with Crippen molar-refractivity contribution in [3.05, 3.63) is 29.8 Å². The van der Waals surface area contributed by atoms with Crippen LogP contribution in [0.15, 0.2) is 24.3 Å². The lowest BCUT2D eigenvalue weighted by molar-refractivity contribution is -0.0498. The summed E-state index contributed by atoms with van der Waals surface area (Å²) < 4.78 is 28.4. The molecule has 2 rings (SSSR count). The molecule has 1 fully saturated rings. The first kappa shape index (κ1) is 14.2. The summed E-state index contributed by atoms with van der Waals surface area (Å²) in [5, 5.41) is 3.43. The molecule has 0 saturated carbocycles. The highest BCUT2D eigenvalue weighted by Gasteiger charge is 2.22. The van der Waals surface area contributed by atoms with Gasteiger partial charge in [0.2, 0.25) is 0 Å². The van der Waals surface area contributed by atoms with E-state index in [2.05, 4.69) is 28.8 Å². The van der Waals surface area contributed by atoms with Crippen LogP contribution in [0.5, 0.6) is 5.75 Å². The number of hydrogen-bond donors (Lipinski definition) is 1. The Bertz CT molecular complexity index is 397. The van der Waals surface area contributed by atoms with E-state index in [-0.39, 0.29) is 5.75 Å². The zero-order valence-electron chi connectivity index (χ0n) is 11.3. The first-order chi connectivity index (χ1) is 9.04. The number of alkyl halides is 2. The molecule has 1 aromatic rings. The van der Waals surface area contributed by atoms with E-state index in [0.717, 1.165) is 25.2 Å². The first-order valence-corrected chi connectivity index (χ1v) is 6.56. The Hall–Kier alpha value is -1.20. The quantitative estimate of drug-likeness (QED) is 0.909. The molecule has 19 heavy (non-hydrogen) atoms. The third-order valence-corrected chi connectivity index (χ3v) is 3.43. The maximum absolute atomic E-state index is 12.1. The monoisotopic (exact) mass is 270 g/mol. The number of ether oxygens (including phenoxy) is 1. The number of nitrogens with one attached hydrogen (secondary N) is 1. The third-order valence-electron chi connectivity index (χ3n) is 3.43. The SMILES string of the molecule is CC1CN(Cc2ccc(OC(F)F)cc2)C(C)CN1. The second-order valence-corrected chi connectivity index (χ2v) is 5.11. The molecule has 0 radical (unpaired) electrons. The Kier molecular flexibility index (Phi) is 4.71. The molecule has 2 unspecified atom stereocenters. The van der Waals surface area contributed by atoms with Gasteiger partial charge in [-0.3, -0.25) is 4.90 Å². The molecule has 0 spiro atoms. The molecule has 0 bridgehead atoms. The molecule has 2 atom stereocenters. The number of halogens is 2. The Morgan fingerprint density at radius 2 is 2.00 bits per heavy atom. The van der Waals surface area contributed by atoms with Crippen LogP contribution in [0.1, 0.15) is 19.4 Å². The van der Waals surface area contributed by atoms with Gasteiger partial charge in [0.1, 0.15) is 5.75 Å². The van der Waals surface area contributed by atoms with Gasteiger partial charge in [0.25, 0.3) is 0 Å². The van der Waals surface area contributed by atoms with Gasteiger partial charge in [0.05, 0.1) is 0 Å². The summed E-state index contributed by atoms with van der Waals surface area (Å²) in [6, 6.07) is 7.84. The maximum Gasteiger partial charge on any atom is 0.387 e. The summed E-state index contributed by atoms with van der Waals surface area (Å²) in [7, 11) is 0. The van der Waals surface area contributed by atoms with Crippen LogP contribution in [0.3, 0.4) is 0 Å². The summed E-state index contributed by atoms with van der Waals surface area (Å²) >= 11 is 0. The van der Waals surface area contributed by atoms with Crippen LogP contribution in [0.2, 0.25) is 0 Å². The van der Waals surface area contributed by atoms with Crippen molar-refractivity contribution in [3.63, 3.8) is 0 Å². The maximum atomic E-state index is 12.1. The van der Waals surface area contributed by atoms with Crippen molar-refractivity contribution in [1.29, 1.82) is 0 Å². The molecule has 0 aromatic heterocycles. The van der Waals surface area contributed by atoms with Crippen molar-refractivity contribution in [2.24, 2.45) is 0 Å². The Morgan fingerprint density at radius 3 is 2.63 bits per heavy atom. The fourth-order valence-electron chi connectivity index (χ4n) is 2.33. The summed E-state index contributed by atoms with van der Waals surface area (Å²) in [6.45, 7) is 4.40. The van der Waals surface area contributed by atoms with Crippen LogP contribution in [0, 0.1) is 0 Å². The Balaban J connectivity index is 1.95. The van der Waals surface area contributed by atoms with Gasteiger partial charge in [0, 0.05) is 31.7 Å². The summed E-state index contributed by atoms with van der Waals surface area (Å²) in [5.74, 6) is 0.209. The first-order valence-electron chi connectivity index (χ1n) is 6.56. The van der Waals surface area contributed by atoms with Crippen LogP contribution >= 0.6 is 0 Å². The van der Waals surface area contributed by atoms with E-state index in [0.29, 0.717) is 12.1 Å². The van der Waals surface area contributed by atoms with E-state index in [4.69, 9.17) is 0 Å². The molecular formula is C14H20F2N2O. The van der Waals surface area contributed by atoms with Crippen molar-refractivity contribution >= 4 is 0 Å². The van der Waals surface area contributed by atoms with Gasteiger partial charge in [-0.2, -0.15) is 8.78 Å². The minimum Gasteiger partial charge on any atom is -0.435 e. The standard InChI is InChI=1S/C14H20F2N2O/c1-10-8-18(11(2)7-17-10)9-12-3-5-13(6-4-12)19-14(15)16/h3-6,10-11,14,17H,7-9H2,1-2H3. The van der Waals surface area contributed by atoms with Crippen molar-refractivity contribution in [2.45, 2.75) is 39.1 Å². The van der Waals surface area contributed by atoms with E-state index in [9.17, 15) is 8.78 Å². The summed E-state index contributed by atoms with van der Waals surface area (Å²) in [6.07, 6.45) is 0. The molecule has 1 aliphatic rings. The van der Waals surface area contributed by atoms with Crippen LogP contribution in [-0.4, -0.2) is 36.7 Å². The molecule has 1 heterocycles. The highest BCUT2D eigenvalue weighted by molar-refractivity contribution is 5.27. The molecule has 1 aromatic carbocycles. The lowest BCUT2D eigenvalue weighted by Crippen LogP contribution is -2.53. The molecule has 0 aliphatic carbocycles. The van der Waals surface area contributed by atoms with Gasteiger partial charge < -0.3 is 10.1 Å². The zero-order valence-corrected chi connectivity index (χ0v) is 11.3. The van der Waals surface area contributed by atoms with Crippen LogP contribution in [-0.2, 0) is 6.54 Å². The Labute approximate surface area is 112 Å². The van der Waals surface area contributed by atoms with Crippen molar-refractivity contribution in [3.8, 4) is 5.75 Å².